The second-order valence-electron chi connectivity index (χ2n) is 5.66. The van der Waals surface area contributed by atoms with Gasteiger partial charge < -0.3 is 0 Å². The summed E-state index contributed by atoms with van der Waals surface area (Å²) in [5.74, 6) is -0.641. The largest absolute Gasteiger partial charge is 0.335 e. The Labute approximate surface area is 123 Å². The van der Waals surface area contributed by atoms with E-state index in [9.17, 15) is 14.4 Å². The summed E-state index contributed by atoms with van der Waals surface area (Å²) in [6.07, 6.45) is 5.06. The Morgan fingerprint density at radius 3 is 2.57 bits per heavy atom. The van der Waals surface area contributed by atoms with Gasteiger partial charge in [-0.1, -0.05) is 37.5 Å². The van der Waals surface area contributed by atoms with E-state index in [1.54, 1.807) is 12.1 Å². The van der Waals surface area contributed by atoms with Crippen molar-refractivity contribution in [2.75, 3.05) is 4.90 Å². The third-order valence-electron chi connectivity index (χ3n) is 4.23. The molecule has 1 aliphatic carbocycles. The minimum atomic E-state index is -0.625. The Bertz CT molecular complexity index is 591. The van der Waals surface area contributed by atoms with Crippen LogP contribution in [0.25, 0.3) is 0 Å². The normalized spacial score (nSPS) is 18.5. The van der Waals surface area contributed by atoms with Gasteiger partial charge in [-0.3, -0.25) is 14.9 Å². The zero-order valence-electron chi connectivity index (χ0n) is 11.8. The molecule has 0 spiro atoms. The molecule has 1 aliphatic heterocycles. The van der Waals surface area contributed by atoms with Crippen LogP contribution in [0.2, 0.25) is 0 Å². The summed E-state index contributed by atoms with van der Waals surface area (Å²) in [7, 11) is 0. The minimum absolute atomic E-state index is 0.101. The first-order chi connectivity index (χ1) is 10.2. The van der Waals surface area contributed by atoms with Crippen LogP contribution >= 0.6 is 0 Å². The van der Waals surface area contributed by atoms with Crippen molar-refractivity contribution in [2.45, 2.75) is 38.5 Å². The molecule has 1 heterocycles. The first-order valence-corrected chi connectivity index (χ1v) is 7.42. The van der Waals surface area contributed by atoms with Gasteiger partial charge in [0.05, 0.1) is 12.1 Å². The number of fused-ring (bicyclic) bond motifs is 1. The highest BCUT2D eigenvalue weighted by Gasteiger charge is 2.34. The van der Waals surface area contributed by atoms with E-state index in [2.05, 4.69) is 5.32 Å². The fourth-order valence-corrected chi connectivity index (χ4v) is 3.11. The highest BCUT2D eigenvalue weighted by Crippen LogP contribution is 2.29. The molecule has 3 rings (SSSR count). The maximum atomic E-state index is 12.2. The summed E-state index contributed by atoms with van der Waals surface area (Å²) in [6, 6.07) is 6.54. The lowest BCUT2D eigenvalue weighted by Gasteiger charge is -2.22. The molecule has 0 aromatic heterocycles. The van der Waals surface area contributed by atoms with Gasteiger partial charge in [0.2, 0.25) is 11.8 Å². The Hall–Kier alpha value is -2.17. The lowest BCUT2D eigenvalue weighted by molar-refractivity contribution is -0.124. The number of carbonyl (C=O) groups is 3. The SMILES string of the molecule is O=C(NC(=O)N1C(=O)Cc2ccccc21)C1CCCCC1. The van der Waals surface area contributed by atoms with E-state index in [0.717, 1.165) is 42.6 Å². The van der Waals surface area contributed by atoms with Crippen molar-refractivity contribution in [3.8, 4) is 0 Å². The first-order valence-electron chi connectivity index (χ1n) is 7.42. The highest BCUT2D eigenvalue weighted by atomic mass is 16.2. The molecule has 4 amide bonds. The Morgan fingerprint density at radius 2 is 1.81 bits per heavy atom. The molecular formula is C16H18N2O3. The third-order valence-corrected chi connectivity index (χ3v) is 4.23. The number of hydrogen-bond donors (Lipinski definition) is 1. The van der Waals surface area contributed by atoms with Crippen molar-refractivity contribution >= 4 is 23.5 Å². The number of rotatable bonds is 1. The molecule has 1 aromatic rings. The lowest BCUT2D eigenvalue weighted by atomic mass is 9.89. The van der Waals surface area contributed by atoms with E-state index in [1.165, 1.54) is 0 Å². The van der Waals surface area contributed by atoms with Gasteiger partial charge in [-0.25, -0.2) is 9.69 Å². The quantitative estimate of drug-likeness (QED) is 0.862. The molecule has 0 radical (unpaired) electrons. The van der Waals surface area contributed by atoms with Crippen LogP contribution in [0, 0.1) is 5.92 Å². The van der Waals surface area contributed by atoms with Gasteiger partial charge in [0, 0.05) is 5.92 Å². The van der Waals surface area contributed by atoms with Gasteiger partial charge in [-0.15, -0.1) is 0 Å². The van der Waals surface area contributed by atoms with Gasteiger partial charge in [0.25, 0.3) is 0 Å². The number of amides is 4. The average Bonchev–Trinajstić information content (AvgIpc) is 2.83. The summed E-state index contributed by atoms with van der Waals surface area (Å²) in [5, 5.41) is 2.39. The number of benzene rings is 1. The van der Waals surface area contributed by atoms with Crippen LogP contribution in [0.3, 0.4) is 0 Å². The second kappa shape index (κ2) is 5.68. The number of carbonyl (C=O) groups excluding carboxylic acids is 3. The lowest BCUT2D eigenvalue weighted by Crippen LogP contribution is -2.46. The zero-order valence-corrected chi connectivity index (χ0v) is 11.8. The zero-order chi connectivity index (χ0) is 14.8. The van der Waals surface area contributed by atoms with E-state index in [4.69, 9.17) is 0 Å². The molecule has 2 aliphatic rings. The summed E-state index contributed by atoms with van der Waals surface area (Å²) in [5.41, 5.74) is 1.40. The molecule has 1 aromatic carbocycles. The number of imide groups is 2. The monoisotopic (exact) mass is 286 g/mol. The number of hydrogen-bond acceptors (Lipinski definition) is 3. The molecule has 0 atom stereocenters. The molecule has 5 heteroatoms. The van der Waals surface area contributed by atoms with Crippen LogP contribution in [0.4, 0.5) is 10.5 Å². The van der Waals surface area contributed by atoms with Crippen molar-refractivity contribution in [1.29, 1.82) is 0 Å². The number of para-hydroxylation sites is 1. The van der Waals surface area contributed by atoms with Gasteiger partial charge in [0.15, 0.2) is 0 Å². The molecule has 0 saturated heterocycles. The number of nitrogens with zero attached hydrogens (tertiary/aromatic N) is 1. The Kier molecular flexibility index (Phi) is 3.73. The van der Waals surface area contributed by atoms with Crippen LogP contribution in [-0.4, -0.2) is 17.8 Å². The van der Waals surface area contributed by atoms with Crippen molar-refractivity contribution in [3.63, 3.8) is 0 Å². The van der Waals surface area contributed by atoms with Gasteiger partial charge in [-0.2, -0.15) is 0 Å². The summed E-state index contributed by atoms with van der Waals surface area (Å²) in [4.78, 5) is 37.4. The molecule has 1 N–H and O–H groups in total. The third kappa shape index (κ3) is 2.68. The van der Waals surface area contributed by atoms with Crippen molar-refractivity contribution in [1.82, 2.24) is 5.32 Å². The standard InChI is InChI=1S/C16H18N2O3/c19-14-10-12-8-4-5-9-13(12)18(14)16(21)17-15(20)11-6-2-1-3-7-11/h4-5,8-9,11H,1-3,6-7,10H2,(H,17,20,21). The Balaban J connectivity index is 1.71. The molecule has 0 bridgehead atoms. The predicted octanol–water partition coefficient (Wildman–Crippen LogP) is 2.39. The van der Waals surface area contributed by atoms with Gasteiger partial charge >= 0.3 is 6.03 Å². The van der Waals surface area contributed by atoms with Crippen LogP contribution < -0.4 is 10.2 Å². The van der Waals surface area contributed by atoms with Crippen LogP contribution in [0.1, 0.15) is 37.7 Å². The van der Waals surface area contributed by atoms with E-state index in [0.29, 0.717) is 5.69 Å². The van der Waals surface area contributed by atoms with Crippen LogP contribution in [-0.2, 0) is 16.0 Å². The Morgan fingerprint density at radius 1 is 1.10 bits per heavy atom. The molecule has 0 unspecified atom stereocenters. The highest BCUT2D eigenvalue weighted by molar-refractivity contribution is 6.21. The summed E-state index contributed by atoms with van der Waals surface area (Å²) >= 11 is 0. The number of nitrogens with one attached hydrogen (secondary N) is 1. The molecule has 1 saturated carbocycles. The maximum absolute atomic E-state index is 12.2. The molecule has 5 nitrogen and oxygen atoms in total. The van der Waals surface area contributed by atoms with Gasteiger partial charge in [0.1, 0.15) is 0 Å². The average molecular weight is 286 g/mol. The smallest absolute Gasteiger partial charge is 0.277 e. The van der Waals surface area contributed by atoms with E-state index in [-0.39, 0.29) is 24.2 Å². The molecule has 110 valence electrons. The predicted molar refractivity (Wildman–Crippen MR) is 77.7 cm³/mol. The molecule has 21 heavy (non-hydrogen) atoms. The van der Waals surface area contributed by atoms with Crippen molar-refractivity contribution < 1.29 is 14.4 Å². The summed E-state index contributed by atoms with van der Waals surface area (Å²) < 4.78 is 0. The van der Waals surface area contributed by atoms with E-state index >= 15 is 0 Å². The maximum Gasteiger partial charge on any atom is 0.335 e. The number of anilines is 1. The topological polar surface area (TPSA) is 66.5 Å². The van der Waals surface area contributed by atoms with Crippen LogP contribution in [0.15, 0.2) is 24.3 Å². The number of urea groups is 1. The molecule has 1 fully saturated rings. The fourth-order valence-electron chi connectivity index (χ4n) is 3.11. The molecular weight excluding hydrogens is 268 g/mol. The second-order valence-corrected chi connectivity index (χ2v) is 5.66. The van der Waals surface area contributed by atoms with Crippen LogP contribution in [0.5, 0.6) is 0 Å². The first kappa shape index (κ1) is 13.8. The van der Waals surface area contributed by atoms with Crippen molar-refractivity contribution in [2.24, 2.45) is 5.92 Å². The van der Waals surface area contributed by atoms with Gasteiger partial charge in [-0.05, 0) is 24.5 Å². The summed E-state index contributed by atoms with van der Waals surface area (Å²) in [6.45, 7) is 0. The van der Waals surface area contributed by atoms with E-state index in [1.807, 2.05) is 12.1 Å². The van der Waals surface area contributed by atoms with E-state index < -0.39 is 6.03 Å². The fraction of sp³-hybridized carbons (Fsp3) is 0.438. The minimum Gasteiger partial charge on any atom is -0.277 e. The van der Waals surface area contributed by atoms with Crippen molar-refractivity contribution in [3.05, 3.63) is 29.8 Å².